The summed E-state index contributed by atoms with van der Waals surface area (Å²) in [6.45, 7) is 3.92. The molecule has 1 fully saturated rings. The molecule has 5 nitrogen and oxygen atoms in total. The molecule has 0 spiro atoms. The van der Waals surface area contributed by atoms with Crippen molar-refractivity contribution < 1.29 is 9.47 Å². The number of hydrogen-bond acceptors (Lipinski definition) is 5. The van der Waals surface area contributed by atoms with Gasteiger partial charge in [0, 0.05) is 18.0 Å². The van der Waals surface area contributed by atoms with Crippen LogP contribution in [-0.2, 0) is 0 Å². The first kappa shape index (κ1) is 17.3. The minimum absolute atomic E-state index is 0. The molecule has 0 saturated heterocycles. The lowest BCUT2D eigenvalue weighted by molar-refractivity contribution is 0.190. The van der Waals surface area contributed by atoms with Crippen molar-refractivity contribution in [3.63, 3.8) is 0 Å². The Balaban J connectivity index is 0.00000192. The Morgan fingerprint density at radius 3 is 2.61 bits per heavy atom. The second kappa shape index (κ2) is 7.51. The fourth-order valence-electron chi connectivity index (χ4n) is 2.63. The SMILES string of the molecule is Cc1cc(Oc2ccnc(OC3CCCC3)n2)c(C)cc1N.Cl. The van der Waals surface area contributed by atoms with Crippen LogP contribution in [0.2, 0.25) is 0 Å². The molecule has 1 saturated carbocycles. The zero-order valence-electron chi connectivity index (χ0n) is 13.4. The molecule has 23 heavy (non-hydrogen) atoms. The van der Waals surface area contributed by atoms with Crippen LogP contribution in [0.3, 0.4) is 0 Å². The van der Waals surface area contributed by atoms with Crippen LogP contribution in [0.1, 0.15) is 36.8 Å². The van der Waals surface area contributed by atoms with E-state index >= 15 is 0 Å². The summed E-state index contributed by atoms with van der Waals surface area (Å²) >= 11 is 0. The van der Waals surface area contributed by atoms with Gasteiger partial charge in [-0.3, -0.25) is 0 Å². The second-order valence-corrected chi connectivity index (χ2v) is 5.78. The summed E-state index contributed by atoms with van der Waals surface area (Å²) in [5.41, 5.74) is 8.61. The molecule has 1 aromatic carbocycles. The summed E-state index contributed by atoms with van der Waals surface area (Å²) in [5.74, 6) is 1.23. The van der Waals surface area contributed by atoms with E-state index in [-0.39, 0.29) is 18.5 Å². The van der Waals surface area contributed by atoms with Crippen LogP contribution >= 0.6 is 12.4 Å². The number of aryl methyl sites for hydroxylation is 2. The average Bonchev–Trinajstić information content (AvgIpc) is 2.98. The average molecular weight is 336 g/mol. The standard InChI is InChI=1S/C17H21N3O2.ClH/c1-11-10-15(12(2)9-14(11)18)22-16-7-8-19-17(20-16)21-13-5-3-4-6-13;/h7-10,13H,3-6,18H2,1-2H3;1H. The number of anilines is 1. The number of aromatic nitrogens is 2. The van der Waals surface area contributed by atoms with Gasteiger partial charge in [-0.25, -0.2) is 4.98 Å². The maximum atomic E-state index is 5.90. The summed E-state index contributed by atoms with van der Waals surface area (Å²) < 4.78 is 11.7. The van der Waals surface area contributed by atoms with Gasteiger partial charge in [0.15, 0.2) is 0 Å². The number of halogens is 1. The topological polar surface area (TPSA) is 70.3 Å². The molecular weight excluding hydrogens is 314 g/mol. The van der Waals surface area contributed by atoms with Gasteiger partial charge in [-0.15, -0.1) is 12.4 Å². The lowest BCUT2D eigenvalue weighted by atomic mass is 10.1. The molecular formula is C17H22ClN3O2. The van der Waals surface area contributed by atoms with Gasteiger partial charge >= 0.3 is 6.01 Å². The van der Waals surface area contributed by atoms with E-state index in [2.05, 4.69) is 9.97 Å². The predicted molar refractivity (Wildman–Crippen MR) is 92.6 cm³/mol. The smallest absolute Gasteiger partial charge is 0.319 e. The molecule has 0 atom stereocenters. The summed E-state index contributed by atoms with van der Waals surface area (Å²) in [7, 11) is 0. The molecule has 124 valence electrons. The lowest BCUT2D eigenvalue weighted by Gasteiger charge is -2.13. The predicted octanol–water partition coefficient (Wildman–Crippen LogP) is 4.21. The number of ether oxygens (including phenoxy) is 2. The van der Waals surface area contributed by atoms with Crippen molar-refractivity contribution in [1.82, 2.24) is 9.97 Å². The zero-order valence-corrected chi connectivity index (χ0v) is 14.2. The van der Waals surface area contributed by atoms with E-state index in [0.717, 1.165) is 35.4 Å². The second-order valence-electron chi connectivity index (χ2n) is 5.78. The maximum absolute atomic E-state index is 5.90. The monoisotopic (exact) mass is 335 g/mol. The summed E-state index contributed by atoms with van der Waals surface area (Å²) in [6, 6.07) is 5.94. The van der Waals surface area contributed by atoms with E-state index in [1.807, 2.05) is 26.0 Å². The Morgan fingerprint density at radius 2 is 1.87 bits per heavy atom. The Morgan fingerprint density at radius 1 is 1.13 bits per heavy atom. The maximum Gasteiger partial charge on any atom is 0.319 e. The van der Waals surface area contributed by atoms with Crippen LogP contribution in [-0.4, -0.2) is 16.1 Å². The van der Waals surface area contributed by atoms with E-state index in [4.69, 9.17) is 15.2 Å². The highest BCUT2D eigenvalue weighted by Gasteiger charge is 2.18. The first-order valence-corrected chi connectivity index (χ1v) is 7.66. The molecule has 0 aliphatic heterocycles. The zero-order chi connectivity index (χ0) is 15.5. The first-order valence-electron chi connectivity index (χ1n) is 7.66. The van der Waals surface area contributed by atoms with Crippen molar-refractivity contribution >= 4 is 18.1 Å². The normalized spacial score (nSPS) is 14.3. The summed E-state index contributed by atoms with van der Waals surface area (Å²) in [6.07, 6.45) is 6.47. The van der Waals surface area contributed by atoms with Crippen molar-refractivity contribution in [3.8, 4) is 17.6 Å². The van der Waals surface area contributed by atoms with Gasteiger partial charge in [0.05, 0.1) is 0 Å². The first-order chi connectivity index (χ1) is 10.6. The van der Waals surface area contributed by atoms with Crippen molar-refractivity contribution in [2.45, 2.75) is 45.6 Å². The molecule has 0 radical (unpaired) electrons. The van der Waals surface area contributed by atoms with Crippen LogP contribution in [0.4, 0.5) is 5.69 Å². The molecule has 1 heterocycles. The Hall–Kier alpha value is -2.01. The van der Waals surface area contributed by atoms with Gasteiger partial charge in [-0.1, -0.05) is 0 Å². The van der Waals surface area contributed by atoms with Crippen LogP contribution in [0, 0.1) is 13.8 Å². The fraction of sp³-hybridized carbons (Fsp3) is 0.412. The summed E-state index contributed by atoms with van der Waals surface area (Å²) in [4.78, 5) is 8.50. The molecule has 2 N–H and O–H groups in total. The molecule has 6 heteroatoms. The van der Waals surface area contributed by atoms with Gasteiger partial charge in [-0.2, -0.15) is 4.98 Å². The number of nitrogens with zero attached hydrogens (tertiary/aromatic N) is 2. The third-order valence-electron chi connectivity index (χ3n) is 3.96. The fourth-order valence-corrected chi connectivity index (χ4v) is 2.63. The van der Waals surface area contributed by atoms with E-state index in [9.17, 15) is 0 Å². The largest absolute Gasteiger partial charge is 0.460 e. The van der Waals surface area contributed by atoms with Gasteiger partial charge < -0.3 is 15.2 Å². The Kier molecular flexibility index (Phi) is 5.66. The number of benzene rings is 1. The molecule has 1 aromatic heterocycles. The minimum atomic E-state index is 0. The minimum Gasteiger partial charge on any atom is -0.460 e. The van der Waals surface area contributed by atoms with Gasteiger partial charge in [0.1, 0.15) is 11.9 Å². The van der Waals surface area contributed by atoms with Crippen LogP contribution in [0.25, 0.3) is 0 Å². The third kappa shape index (κ3) is 4.26. The number of nitrogen functional groups attached to an aromatic ring is 1. The van der Waals surface area contributed by atoms with Crippen molar-refractivity contribution in [2.75, 3.05) is 5.73 Å². The molecule has 1 aliphatic rings. The molecule has 0 unspecified atom stereocenters. The van der Waals surface area contributed by atoms with E-state index in [0.29, 0.717) is 11.9 Å². The lowest BCUT2D eigenvalue weighted by Crippen LogP contribution is -2.12. The summed E-state index contributed by atoms with van der Waals surface area (Å²) in [5, 5.41) is 0. The third-order valence-corrected chi connectivity index (χ3v) is 3.96. The molecule has 0 amide bonds. The van der Waals surface area contributed by atoms with Crippen LogP contribution < -0.4 is 15.2 Å². The van der Waals surface area contributed by atoms with Gasteiger partial charge in [0.2, 0.25) is 5.88 Å². The molecule has 1 aliphatic carbocycles. The van der Waals surface area contributed by atoms with Crippen molar-refractivity contribution in [2.24, 2.45) is 0 Å². The van der Waals surface area contributed by atoms with E-state index < -0.39 is 0 Å². The van der Waals surface area contributed by atoms with Gasteiger partial charge in [0.25, 0.3) is 0 Å². The number of rotatable bonds is 4. The molecule has 3 rings (SSSR count). The number of nitrogens with two attached hydrogens (primary N) is 1. The van der Waals surface area contributed by atoms with Crippen molar-refractivity contribution in [3.05, 3.63) is 35.5 Å². The molecule has 2 aromatic rings. The van der Waals surface area contributed by atoms with E-state index in [1.165, 1.54) is 12.8 Å². The Bertz CT molecular complexity index is 673. The van der Waals surface area contributed by atoms with E-state index in [1.54, 1.807) is 12.3 Å². The Labute approximate surface area is 142 Å². The van der Waals surface area contributed by atoms with Crippen LogP contribution in [0.5, 0.6) is 17.6 Å². The van der Waals surface area contributed by atoms with Crippen molar-refractivity contribution in [1.29, 1.82) is 0 Å². The highest BCUT2D eigenvalue weighted by Crippen LogP contribution is 2.29. The van der Waals surface area contributed by atoms with Crippen LogP contribution in [0.15, 0.2) is 24.4 Å². The number of hydrogen-bond donors (Lipinski definition) is 1. The molecule has 0 bridgehead atoms. The van der Waals surface area contributed by atoms with Gasteiger partial charge in [-0.05, 0) is 62.8 Å². The quantitative estimate of drug-likeness (QED) is 0.847. The highest BCUT2D eigenvalue weighted by atomic mass is 35.5. The highest BCUT2D eigenvalue weighted by molar-refractivity contribution is 5.85.